The molecule has 0 saturated carbocycles. The van der Waals surface area contributed by atoms with Crippen molar-refractivity contribution in [2.45, 2.75) is 26.4 Å². The lowest BCUT2D eigenvalue weighted by Gasteiger charge is -2.10. The van der Waals surface area contributed by atoms with Crippen molar-refractivity contribution in [3.05, 3.63) is 51.8 Å². The van der Waals surface area contributed by atoms with Crippen LogP contribution in [0, 0.1) is 0 Å². The van der Waals surface area contributed by atoms with E-state index in [1.807, 2.05) is 26.0 Å². The molecular formula is C15H16ClN3O2. The molecule has 0 unspecified atom stereocenters. The van der Waals surface area contributed by atoms with Crippen molar-refractivity contribution < 1.29 is 4.79 Å². The molecule has 110 valence electrons. The van der Waals surface area contributed by atoms with Gasteiger partial charge < -0.3 is 5.32 Å². The van der Waals surface area contributed by atoms with Crippen LogP contribution in [-0.4, -0.2) is 21.7 Å². The standard InChI is InChI=1S/C15H16ClN3O2/c1-10(2)17-14(20)9-19-15(21)8-7-13(18-19)11-3-5-12(16)6-4-11/h3-8,10H,9H2,1-2H3,(H,17,20). The van der Waals surface area contributed by atoms with Crippen LogP contribution in [-0.2, 0) is 11.3 Å². The topological polar surface area (TPSA) is 64.0 Å². The van der Waals surface area contributed by atoms with Crippen molar-refractivity contribution in [1.82, 2.24) is 15.1 Å². The predicted octanol–water partition coefficient (Wildman–Crippen LogP) is 2.09. The first-order valence-electron chi connectivity index (χ1n) is 6.59. The van der Waals surface area contributed by atoms with Gasteiger partial charge in [-0.1, -0.05) is 23.7 Å². The number of nitrogens with one attached hydrogen (secondary N) is 1. The quantitative estimate of drug-likeness (QED) is 0.940. The van der Waals surface area contributed by atoms with Gasteiger partial charge in [-0.3, -0.25) is 9.59 Å². The molecule has 21 heavy (non-hydrogen) atoms. The van der Waals surface area contributed by atoms with Gasteiger partial charge in [-0.2, -0.15) is 5.10 Å². The normalized spacial score (nSPS) is 10.7. The van der Waals surface area contributed by atoms with Gasteiger partial charge in [-0.15, -0.1) is 0 Å². The van der Waals surface area contributed by atoms with E-state index in [-0.39, 0.29) is 24.1 Å². The van der Waals surface area contributed by atoms with Gasteiger partial charge in [0.05, 0.1) is 5.69 Å². The molecule has 0 saturated heterocycles. The Morgan fingerprint density at radius 1 is 1.24 bits per heavy atom. The summed E-state index contributed by atoms with van der Waals surface area (Å²) in [5.74, 6) is -0.243. The minimum absolute atomic E-state index is 0.0210. The number of hydrogen-bond donors (Lipinski definition) is 1. The molecule has 6 heteroatoms. The lowest BCUT2D eigenvalue weighted by Crippen LogP contribution is -2.36. The molecule has 0 bridgehead atoms. The summed E-state index contributed by atoms with van der Waals surface area (Å²) in [6, 6.07) is 10.2. The Labute approximate surface area is 127 Å². The lowest BCUT2D eigenvalue weighted by atomic mass is 10.1. The van der Waals surface area contributed by atoms with Crippen LogP contribution in [0.5, 0.6) is 0 Å². The van der Waals surface area contributed by atoms with Gasteiger partial charge in [0.25, 0.3) is 5.56 Å². The van der Waals surface area contributed by atoms with Crippen molar-refractivity contribution in [3.63, 3.8) is 0 Å². The number of aromatic nitrogens is 2. The Kier molecular flexibility index (Phi) is 4.75. The number of hydrogen-bond acceptors (Lipinski definition) is 3. The van der Waals surface area contributed by atoms with Crippen molar-refractivity contribution >= 4 is 17.5 Å². The van der Waals surface area contributed by atoms with Crippen LogP contribution in [0.4, 0.5) is 0 Å². The highest BCUT2D eigenvalue weighted by Crippen LogP contribution is 2.18. The molecule has 0 aliphatic heterocycles. The fourth-order valence-corrected chi connectivity index (χ4v) is 1.97. The molecule has 2 aromatic rings. The van der Waals surface area contributed by atoms with E-state index in [1.165, 1.54) is 6.07 Å². The molecule has 0 atom stereocenters. The Morgan fingerprint density at radius 2 is 1.90 bits per heavy atom. The summed E-state index contributed by atoms with van der Waals surface area (Å²) in [5.41, 5.74) is 1.13. The highest BCUT2D eigenvalue weighted by Gasteiger charge is 2.08. The first-order chi connectivity index (χ1) is 9.95. The highest BCUT2D eigenvalue weighted by atomic mass is 35.5. The van der Waals surface area contributed by atoms with Crippen molar-refractivity contribution in [1.29, 1.82) is 0 Å². The summed E-state index contributed by atoms with van der Waals surface area (Å²) in [4.78, 5) is 23.5. The van der Waals surface area contributed by atoms with Crippen LogP contribution in [0.15, 0.2) is 41.2 Å². The van der Waals surface area contributed by atoms with Crippen molar-refractivity contribution in [3.8, 4) is 11.3 Å². The zero-order valence-corrected chi connectivity index (χ0v) is 12.6. The maximum atomic E-state index is 11.8. The number of benzene rings is 1. The Hall–Kier alpha value is -2.14. The van der Waals surface area contributed by atoms with Crippen LogP contribution in [0.3, 0.4) is 0 Å². The number of nitrogens with zero attached hydrogens (tertiary/aromatic N) is 2. The van der Waals surface area contributed by atoms with Gasteiger partial charge in [0.1, 0.15) is 6.54 Å². The zero-order chi connectivity index (χ0) is 15.4. The molecule has 1 N–H and O–H groups in total. The first-order valence-corrected chi connectivity index (χ1v) is 6.97. The zero-order valence-electron chi connectivity index (χ0n) is 11.8. The maximum Gasteiger partial charge on any atom is 0.267 e. The monoisotopic (exact) mass is 305 g/mol. The predicted molar refractivity (Wildman–Crippen MR) is 82.2 cm³/mol. The van der Waals surface area contributed by atoms with E-state index in [9.17, 15) is 9.59 Å². The summed E-state index contributed by atoms with van der Waals surface area (Å²) in [6.07, 6.45) is 0. The van der Waals surface area contributed by atoms with Crippen LogP contribution in [0.2, 0.25) is 5.02 Å². The second kappa shape index (κ2) is 6.54. The summed E-state index contributed by atoms with van der Waals surface area (Å²) in [6.45, 7) is 3.62. The molecule has 0 fully saturated rings. The second-order valence-electron chi connectivity index (χ2n) is 4.94. The average Bonchev–Trinajstić information content (AvgIpc) is 2.41. The summed E-state index contributed by atoms with van der Waals surface area (Å²) >= 11 is 5.84. The van der Waals surface area contributed by atoms with Gasteiger partial charge >= 0.3 is 0 Å². The molecule has 1 amide bonds. The summed E-state index contributed by atoms with van der Waals surface area (Å²) in [5, 5.41) is 7.58. The molecule has 0 aliphatic rings. The third-order valence-electron chi connectivity index (χ3n) is 2.75. The van der Waals surface area contributed by atoms with E-state index in [0.717, 1.165) is 10.2 Å². The van der Waals surface area contributed by atoms with E-state index < -0.39 is 0 Å². The number of halogens is 1. The van der Waals surface area contributed by atoms with Gasteiger partial charge in [0.15, 0.2) is 0 Å². The van der Waals surface area contributed by atoms with Crippen molar-refractivity contribution in [2.24, 2.45) is 0 Å². The molecule has 5 nitrogen and oxygen atoms in total. The van der Waals surface area contributed by atoms with Gasteiger partial charge in [-0.05, 0) is 32.0 Å². The van der Waals surface area contributed by atoms with Gasteiger partial charge in [0, 0.05) is 22.7 Å². The molecule has 1 aromatic carbocycles. The maximum absolute atomic E-state index is 11.8. The minimum atomic E-state index is -0.313. The van der Waals surface area contributed by atoms with Gasteiger partial charge in [0.2, 0.25) is 5.91 Å². The largest absolute Gasteiger partial charge is 0.352 e. The van der Waals surface area contributed by atoms with Crippen molar-refractivity contribution in [2.75, 3.05) is 0 Å². The lowest BCUT2D eigenvalue weighted by molar-refractivity contribution is -0.122. The molecule has 1 aromatic heterocycles. The van der Waals surface area contributed by atoms with E-state index in [2.05, 4.69) is 10.4 Å². The number of rotatable bonds is 4. The fraction of sp³-hybridized carbons (Fsp3) is 0.267. The van der Waals surface area contributed by atoms with Crippen LogP contribution < -0.4 is 10.9 Å². The van der Waals surface area contributed by atoms with Gasteiger partial charge in [-0.25, -0.2) is 4.68 Å². The van der Waals surface area contributed by atoms with E-state index in [1.54, 1.807) is 18.2 Å². The number of amides is 1. The summed E-state index contributed by atoms with van der Waals surface area (Å²) < 4.78 is 1.15. The van der Waals surface area contributed by atoms with E-state index in [4.69, 9.17) is 11.6 Å². The Balaban J connectivity index is 2.27. The molecule has 2 rings (SSSR count). The molecule has 0 radical (unpaired) electrons. The molecular weight excluding hydrogens is 290 g/mol. The second-order valence-corrected chi connectivity index (χ2v) is 5.38. The van der Waals surface area contributed by atoms with E-state index in [0.29, 0.717) is 10.7 Å². The smallest absolute Gasteiger partial charge is 0.267 e. The number of carbonyl (C=O) groups is 1. The fourth-order valence-electron chi connectivity index (χ4n) is 1.84. The Morgan fingerprint density at radius 3 is 2.52 bits per heavy atom. The summed E-state index contributed by atoms with van der Waals surface area (Å²) in [7, 11) is 0. The highest BCUT2D eigenvalue weighted by molar-refractivity contribution is 6.30. The first kappa shape index (κ1) is 15.3. The number of carbonyl (C=O) groups excluding carboxylic acids is 1. The average molecular weight is 306 g/mol. The minimum Gasteiger partial charge on any atom is -0.352 e. The van der Waals surface area contributed by atoms with Crippen LogP contribution in [0.1, 0.15) is 13.8 Å². The molecule has 0 aliphatic carbocycles. The van der Waals surface area contributed by atoms with Crippen LogP contribution >= 0.6 is 11.6 Å². The molecule has 0 spiro atoms. The third-order valence-corrected chi connectivity index (χ3v) is 3.00. The van der Waals surface area contributed by atoms with Crippen LogP contribution in [0.25, 0.3) is 11.3 Å². The third kappa shape index (κ3) is 4.16. The van der Waals surface area contributed by atoms with E-state index >= 15 is 0 Å². The SMILES string of the molecule is CC(C)NC(=O)Cn1nc(-c2ccc(Cl)cc2)ccc1=O. The molecule has 1 heterocycles. The Bertz CT molecular complexity index is 693.